The topological polar surface area (TPSA) is 167 Å². The van der Waals surface area contributed by atoms with Crippen LogP contribution in [0.5, 0.6) is 0 Å². The maximum atomic E-state index is 12.7. The molecule has 4 heterocycles. The predicted molar refractivity (Wildman–Crippen MR) is 240 cm³/mol. The number of hydroxylamine groups is 2. The second-order valence-electron chi connectivity index (χ2n) is 15.2. The van der Waals surface area contributed by atoms with Gasteiger partial charge in [0.15, 0.2) is 0 Å². The van der Waals surface area contributed by atoms with Crippen LogP contribution in [0, 0.1) is 0 Å². The molecule has 2 aliphatic rings. The van der Waals surface area contributed by atoms with Crippen molar-refractivity contribution in [2.24, 2.45) is 0 Å². The highest BCUT2D eigenvalue weighted by Crippen LogP contribution is 2.30. The summed E-state index contributed by atoms with van der Waals surface area (Å²) in [5.74, 6) is -1.15. The summed E-state index contributed by atoms with van der Waals surface area (Å²) in [6.07, 6.45) is 11.9. The molecular formula is C48H54ClN6O7-. The van der Waals surface area contributed by atoms with Gasteiger partial charge in [0.2, 0.25) is 11.8 Å². The number of hydrogen-bond acceptors (Lipinski definition) is 6. The third kappa shape index (κ3) is 13.0. The Hall–Kier alpha value is -5.99. The normalized spacial score (nSPS) is 12.4. The van der Waals surface area contributed by atoms with Gasteiger partial charge in [-0.1, -0.05) is 103 Å². The summed E-state index contributed by atoms with van der Waals surface area (Å²) in [5.41, 5.74) is 13.0. The average Bonchev–Trinajstić information content (AvgIpc) is 3.88. The van der Waals surface area contributed by atoms with Crippen molar-refractivity contribution in [2.75, 3.05) is 13.1 Å². The number of aryl methyl sites for hydroxylation is 4. The minimum Gasteiger partial charge on any atom is -0.575 e. The zero-order valence-electron chi connectivity index (χ0n) is 34.8. The molecule has 0 unspecified atom stereocenters. The van der Waals surface area contributed by atoms with Gasteiger partial charge in [-0.25, -0.2) is 15.8 Å². The van der Waals surface area contributed by atoms with Gasteiger partial charge in [0.1, 0.15) is 0 Å². The standard InChI is InChI=1S/C24H27N3O3.C12H16ClN2O2.C12H11NO2/c28-22(26-30-17-18-8-2-1-3-9-18)13-4-5-14-25-24(29)21-16-27-15-7-11-19-10-6-12-20(21)23(19)27;13-14-9-5-4-8-12(16)15-17-10-11-6-2-1-3-7-11;14-12(15)10-7-13-6-2-4-8-3-1-5-9(10)11(8)13/h1-3,6,8-10,12,16H,4-5,7,11,13-15,17H2,(H,25,29)(H,26,28);1-3,6-7H,4-5,8-10H2,(H,15,16);1,3,5,7H,2,4,6H2,(H,14,15)/q;-1;. The second kappa shape index (κ2) is 23.9. The first-order valence-corrected chi connectivity index (χ1v) is 21.6. The number of para-hydroxylation sites is 2. The van der Waals surface area contributed by atoms with Crippen LogP contribution in [0.3, 0.4) is 0 Å². The number of carbonyl (C=O) groups excluding carboxylic acids is 3. The van der Waals surface area contributed by atoms with Gasteiger partial charge < -0.3 is 24.4 Å². The molecule has 3 amide bonds. The second-order valence-corrected chi connectivity index (χ2v) is 15.5. The van der Waals surface area contributed by atoms with Crippen LogP contribution in [0.15, 0.2) is 109 Å². The number of nitrogens with one attached hydrogen (secondary N) is 3. The predicted octanol–water partition coefficient (Wildman–Crippen LogP) is 8.95. The fourth-order valence-electron chi connectivity index (χ4n) is 7.68. The molecule has 0 radical (unpaired) electrons. The van der Waals surface area contributed by atoms with Crippen molar-refractivity contribution in [3.05, 3.63) is 148 Å². The zero-order valence-corrected chi connectivity index (χ0v) is 35.6. The minimum atomic E-state index is -0.835. The molecule has 6 aromatic rings. The summed E-state index contributed by atoms with van der Waals surface area (Å²) >= 11 is 5.17. The van der Waals surface area contributed by atoms with Gasteiger partial charge in [-0.05, 0) is 67.2 Å². The monoisotopic (exact) mass is 861 g/mol. The first-order chi connectivity index (χ1) is 30.3. The lowest BCUT2D eigenvalue weighted by Crippen LogP contribution is -2.25. The molecule has 62 heavy (non-hydrogen) atoms. The number of aromatic carboxylic acids is 1. The van der Waals surface area contributed by atoms with Crippen molar-refractivity contribution in [1.29, 1.82) is 0 Å². The average molecular weight is 862 g/mol. The summed E-state index contributed by atoms with van der Waals surface area (Å²) in [7, 11) is 0. The van der Waals surface area contributed by atoms with Crippen LogP contribution in [0.1, 0.15) is 94.3 Å². The van der Waals surface area contributed by atoms with Crippen molar-refractivity contribution in [3.8, 4) is 0 Å². The molecule has 0 saturated carbocycles. The Morgan fingerprint density at radius 2 is 1.13 bits per heavy atom. The third-order valence-electron chi connectivity index (χ3n) is 10.7. The Balaban J connectivity index is 0.000000169. The molecule has 4 aromatic carbocycles. The molecule has 0 saturated heterocycles. The van der Waals surface area contributed by atoms with Gasteiger partial charge in [-0.2, -0.15) is 0 Å². The molecule has 14 heteroatoms. The van der Waals surface area contributed by atoms with E-state index < -0.39 is 5.97 Å². The number of amides is 3. The van der Waals surface area contributed by atoms with E-state index >= 15 is 0 Å². The van der Waals surface area contributed by atoms with E-state index in [1.165, 1.54) is 16.6 Å². The summed E-state index contributed by atoms with van der Waals surface area (Å²) in [6, 6.07) is 31.5. The van der Waals surface area contributed by atoms with E-state index in [2.05, 4.69) is 42.4 Å². The fourth-order valence-corrected chi connectivity index (χ4v) is 7.80. The molecule has 0 atom stereocenters. The molecule has 13 nitrogen and oxygen atoms in total. The summed E-state index contributed by atoms with van der Waals surface area (Å²) in [4.78, 5) is 60.6. The molecule has 4 N–H and O–H groups in total. The minimum absolute atomic E-state index is 0.0477. The van der Waals surface area contributed by atoms with E-state index in [0.29, 0.717) is 51.1 Å². The Labute approximate surface area is 366 Å². The van der Waals surface area contributed by atoms with E-state index in [1.54, 1.807) is 6.20 Å². The van der Waals surface area contributed by atoms with Gasteiger partial charge in [0.05, 0.1) is 35.4 Å². The quantitative estimate of drug-likeness (QED) is 0.0495. The molecule has 2 aromatic heterocycles. The lowest BCUT2D eigenvalue weighted by molar-refractivity contribution is -0.135. The Morgan fingerprint density at radius 1 is 0.629 bits per heavy atom. The van der Waals surface area contributed by atoms with E-state index in [0.717, 1.165) is 91.0 Å². The van der Waals surface area contributed by atoms with Gasteiger partial charge in [0, 0.05) is 55.6 Å². The number of carbonyl (C=O) groups is 4. The molecule has 0 bridgehead atoms. The maximum absolute atomic E-state index is 12.7. The fraction of sp³-hybridized carbons (Fsp3) is 0.333. The SMILES string of the molecule is O=C(CCCCNC(=O)c1cn2c3c(cccc13)CCC2)NOCc1ccccc1.O=C(CCCC[N-]Cl)NOCc1ccccc1.O=C(O)c1cn2c3c(cccc13)CCC2. The highest BCUT2D eigenvalue weighted by Gasteiger charge is 2.20. The number of hydrogen-bond donors (Lipinski definition) is 4. The van der Waals surface area contributed by atoms with E-state index in [9.17, 15) is 19.2 Å². The van der Waals surface area contributed by atoms with Crippen molar-refractivity contribution >= 4 is 57.3 Å². The van der Waals surface area contributed by atoms with Crippen LogP contribution in [0.4, 0.5) is 0 Å². The van der Waals surface area contributed by atoms with Gasteiger partial charge >= 0.3 is 5.97 Å². The Morgan fingerprint density at radius 3 is 1.65 bits per heavy atom. The molecule has 8 rings (SSSR count). The van der Waals surface area contributed by atoms with Crippen LogP contribution in [-0.2, 0) is 58.4 Å². The van der Waals surface area contributed by atoms with Crippen LogP contribution in [0.2, 0.25) is 0 Å². The number of nitrogens with zero attached hydrogens (tertiary/aromatic N) is 3. The first-order valence-electron chi connectivity index (χ1n) is 21.2. The Bertz CT molecular complexity index is 2400. The van der Waals surface area contributed by atoms with E-state index in [1.807, 2.05) is 91.1 Å². The van der Waals surface area contributed by atoms with Crippen molar-refractivity contribution in [3.63, 3.8) is 0 Å². The Kier molecular flexibility index (Phi) is 17.5. The van der Waals surface area contributed by atoms with Crippen LogP contribution < -0.4 is 16.3 Å². The first kappa shape index (κ1) is 45.5. The summed E-state index contributed by atoms with van der Waals surface area (Å²) in [5, 5.41) is 14.0. The lowest BCUT2D eigenvalue weighted by atomic mass is 10.0. The molecule has 0 aliphatic carbocycles. The lowest BCUT2D eigenvalue weighted by Gasteiger charge is -2.14. The van der Waals surface area contributed by atoms with Crippen molar-refractivity contribution in [1.82, 2.24) is 25.4 Å². The zero-order chi connectivity index (χ0) is 43.5. The molecule has 326 valence electrons. The van der Waals surface area contributed by atoms with Gasteiger partial charge in [-0.3, -0.25) is 35.8 Å². The van der Waals surface area contributed by atoms with Gasteiger partial charge in [-0.15, -0.1) is 6.54 Å². The third-order valence-corrected chi connectivity index (χ3v) is 10.8. The summed E-state index contributed by atoms with van der Waals surface area (Å²) < 4.78 is 4.26. The van der Waals surface area contributed by atoms with Crippen LogP contribution in [0.25, 0.3) is 26.6 Å². The number of rotatable bonds is 18. The largest absolute Gasteiger partial charge is 0.575 e. The number of carboxylic acid groups (broad SMARTS) is 1. The van der Waals surface area contributed by atoms with Crippen LogP contribution >= 0.6 is 11.8 Å². The smallest absolute Gasteiger partial charge is 0.337 e. The van der Waals surface area contributed by atoms with Gasteiger partial charge in [0.25, 0.3) is 5.91 Å². The van der Waals surface area contributed by atoms with E-state index in [-0.39, 0.29) is 17.7 Å². The van der Waals surface area contributed by atoms with E-state index in [4.69, 9.17) is 26.6 Å². The number of unbranched alkanes of at least 4 members (excludes halogenated alkanes) is 2. The number of carboxylic acids is 1. The molecule has 2 aliphatic heterocycles. The number of benzene rings is 4. The molecule has 0 fully saturated rings. The van der Waals surface area contributed by atoms with Crippen LogP contribution in [-0.4, -0.2) is 51.0 Å². The molecule has 0 spiro atoms. The highest BCUT2D eigenvalue weighted by molar-refractivity contribution is 6.24. The maximum Gasteiger partial charge on any atom is 0.337 e. The van der Waals surface area contributed by atoms with Crippen molar-refractivity contribution < 1.29 is 34.0 Å². The van der Waals surface area contributed by atoms with Crippen molar-refractivity contribution in [2.45, 2.75) is 90.5 Å². The molecular weight excluding hydrogens is 808 g/mol. The summed E-state index contributed by atoms with van der Waals surface area (Å²) in [6.45, 7) is 3.74. The number of aromatic nitrogens is 2. The number of halogens is 1. The highest BCUT2D eigenvalue weighted by atomic mass is 35.5.